The summed E-state index contributed by atoms with van der Waals surface area (Å²) in [7, 11) is 1.57. The van der Waals surface area contributed by atoms with Crippen molar-refractivity contribution in [2.45, 2.75) is 33.7 Å². The van der Waals surface area contributed by atoms with E-state index < -0.39 is 5.97 Å². The average Bonchev–Trinajstić information content (AvgIpc) is 3.25. The molecule has 10 heteroatoms. The monoisotopic (exact) mass is 543 g/mol. The zero-order valence-corrected chi connectivity index (χ0v) is 22.8. The Morgan fingerprint density at radius 1 is 1.10 bits per heavy atom. The number of methoxy groups -OCH3 is 1. The van der Waals surface area contributed by atoms with Gasteiger partial charge in [0.2, 0.25) is 5.88 Å². The summed E-state index contributed by atoms with van der Waals surface area (Å²) in [5.74, 6) is 0.00844. The van der Waals surface area contributed by atoms with E-state index in [1.807, 2.05) is 39.8 Å². The summed E-state index contributed by atoms with van der Waals surface area (Å²) in [4.78, 5) is 25.3. The van der Waals surface area contributed by atoms with Crippen LogP contribution in [0, 0.1) is 20.8 Å². The summed E-state index contributed by atoms with van der Waals surface area (Å²) in [5, 5.41) is 18.1. The van der Waals surface area contributed by atoms with Crippen LogP contribution in [-0.4, -0.2) is 38.3 Å². The summed E-state index contributed by atoms with van der Waals surface area (Å²) in [6.07, 6.45) is 1.75. The summed E-state index contributed by atoms with van der Waals surface area (Å²) in [6.45, 7) is 7.72. The van der Waals surface area contributed by atoms with Gasteiger partial charge in [0, 0.05) is 34.8 Å². The Kier molecular flexibility index (Phi) is 6.93. The van der Waals surface area contributed by atoms with Gasteiger partial charge in [0.15, 0.2) is 5.69 Å². The number of rotatable bonds is 7. The molecule has 0 spiro atoms. The molecule has 0 unspecified atom stereocenters. The van der Waals surface area contributed by atoms with Crippen molar-refractivity contribution in [2.24, 2.45) is 0 Å². The minimum atomic E-state index is -1.17. The van der Waals surface area contributed by atoms with Gasteiger partial charge in [0.25, 0.3) is 0 Å². The van der Waals surface area contributed by atoms with Crippen LogP contribution in [0.2, 0.25) is 5.15 Å². The van der Waals surface area contributed by atoms with Gasteiger partial charge in [-0.1, -0.05) is 22.8 Å². The molecule has 0 fully saturated rings. The highest BCUT2D eigenvalue weighted by Gasteiger charge is 2.22. The van der Waals surface area contributed by atoms with E-state index in [4.69, 9.17) is 25.8 Å². The van der Waals surface area contributed by atoms with Crippen molar-refractivity contribution in [3.8, 4) is 28.3 Å². The molecule has 0 aliphatic heterocycles. The molecular weight excluding hydrogens is 518 g/mol. The Hall–Kier alpha value is -4.50. The van der Waals surface area contributed by atoms with Crippen molar-refractivity contribution in [3.63, 3.8) is 0 Å². The Bertz CT molecular complexity index is 1700. The van der Waals surface area contributed by atoms with Crippen LogP contribution in [0.15, 0.2) is 53.2 Å². The van der Waals surface area contributed by atoms with E-state index in [0.717, 1.165) is 50.1 Å². The van der Waals surface area contributed by atoms with Crippen molar-refractivity contribution in [2.75, 3.05) is 12.4 Å². The van der Waals surface area contributed by atoms with Crippen molar-refractivity contribution in [1.29, 1.82) is 0 Å². The molecule has 0 aliphatic carbocycles. The van der Waals surface area contributed by atoms with Crippen LogP contribution in [-0.2, 0) is 0 Å². The Morgan fingerprint density at radius 3 is 2.54 bits per heavy atom. The highest BCUT2D eigenvalue weighted by Crippen LogP contribution is 2.39. The van der Waals surface area contributed by atoms with Crippen LogP contribution in [0.1, 0.15) is 46.0 Å². The SMILES string of the molecule is COc1ccc(-c2cc3c([C@H](C)Nc4ccc(Cl)nc4C(=O)O)cc(C)cc3nc2-c2c(C)noc2C)cn1. The molecule has 198 valence electrons. The molecule has 39 heavy (non-hydrogen) atoms. The van der Waals surface area contributed by atoms with Crippen LogP contribution in [0.4, 0.5) is 5.69 Å². The molecule has 0 radical (unpaired) electrons. The molecule has 5 rings (SSSR count). The fourth-order valence-electron chi connectivity index (χ4n) is 4.73. The summed E-state index contributed by atoms with van der Waals surface area (Å²) >= 11 is 5.95. The second kappa shape index (κ2) is 10.3. The van der Waals surface area contributed by atoms with E-state index in [9.17, 15) is 9.90 Å². The van der Waals surface area contributed by atoms with Crippen LogP contribution in [0.3, 0.4) is 0 Å². The van der Waals surface area contributed by atoms with Crippen molar-refractivity contribution >= 4 is 34.2 Å². The number of hydrogen-bond acceptors (Lipinski definition) is 8. The largest absolute Gasteiger partial charge is 0.481 e. The number of ether oxygens (including phenoxy) is 1. The van der Waals surface area contributed by atoms with Crippen LogP contribution in [0.25, 0.3) is 33.3 Å². The maximum absolute atomic E-state index is 11.8. The third kappa shape index (κ3) is 5.00. The molecule has 0 saturated carbocycles. The number of pyridine rings is 3. The van der Waals surface area contributed by atoms with Gasteiger partial charge >= 0.3 is 5.97 Å². The molecule has 4 heterocycles. The molecule has 5 aromatic rings. The molecule has 0 bridgehead atoms. The van der Waals surface area contributed by atoms with E-state index in [1.165, 1.54) is 0 Å². The number of aromatic nitrogens is 4. The third-order valence-electron chi connectivity index (χ3n) is 6.54. The van der Waals surface area contributed by atoms with Gasteiger partial charge in [0.05, 0.1) is 35.3 Å². The number of aromatic carboxylic acids is 1. The summed E-state index contributed by atoms with van der Waals surface area (Å²) in [5.41, 5.74) is 6.96. The van der Waals surface area contributed by atoms with E-state index in [2.05, 4.69) is 32.6 Å². The number of benzene rings is 1. The van der Waals surface area contributed by atoms with E-state index in [0.29, 0.717) is 17.3 Å². The number of halogens is 1. The van der Waals surface area contributed by atoms with Gasteiger partial charge in [-0.05, 0) is 69.2 Å². The standard InChI is InChI=1S/C29H26ClN5O4/c1-14-10-19(15(2)32-22-7-8-24(30)34-28(22)29(36)37)21-12-20(18-6-9-25(38-5)31-13-18)27(33-23(21)11-14)26-16(3)35-39-17(26)4/h6-13,15,32H,1-5H3,(H,36,37)/t15-/m0/s1. The number of fused-ring (bicyclic) bond motifs is 1. The molecule has 0 saturated heterocycles. The van der Waals surface area contributed by atoms with Gasteiger partial charge in [-0.25, -0.2) is 19.7 Å². The highest BCUT2D eigenvalue weighted by molar-refractivity contribution is 6.29. The zero-order chi connectivity index (χ0) is 27.8. The fraction of sp³-hybridized carbons (Fsp3) is 0.207. The van der Waals surface area contributed by atoms with Crippen molar-refractivity contribution in [3.05, 3.63) is 82.1 Å². The lowest BCUT2D eigenvalue weighted by atomic mass is 9.93. The molecule has 2 N–H and O–H groups in total. The van der Waals surface area contributed by atoms with Crippen LogP contribution in [0.5, 0.6) is 5.88 Å². The molecule has 0 amide bonds. The summed E-state index contributed by atoms with van der Waals surface area (Å²) in [6, 6.07) is 12.8. The molecule has 9 nitrogen and oxygen atoms in total. The van der Waals surface area contributed by atoms with Crippen LogP contribution >= 0.6 is 11.6 Å². The Labute approximate surface area is 229 Å². The third-order valence-corrected chi connectivity index (χ3v) is 6.75. The van der Waals surface area contributed by atoms with Gasteiger partial charge < -0.3 is 19.7 Å². The molecular formula is C29H26ClN5O4. The molecule has 4 aromatic heterocycles. The zero-order valence-electron chi connectivity index (χ0n) is 22.0. The number of carboxylic acid groups (broad SMARTS) is 1. The molecule has 0 aliphatic rings. The minimum absolute atomic E-state index is 0.111. The second-order valence-electron chi connectivity index (χ2n) is 9.30. The average molecular weight is 544 g/mol. The Morgan fingerprint density at radius 2 is 1.90 bits per heavy atom. The smallest absolute Gasteiger partial charge is 0.356 e. The Balaban J connectivity index is 1.71. The molecule has 1 aromatic carbocycles. The van der Waals surface area contributed by atoms with Gasteiger partial charge in [-0.2, -0.15) is 0 Å². The van der Waals surface area contributed by atoms with Crippen LogP contribution < -0.4 is 10.1 Å². The lowest BCUT2D eigenvalue weighted by Crippen LogP contribution is -2.13. The number of hydrogen-bond donors (Lipinski definition) is 2. The first kappa shape index (κ1) is 26.1. The maximum atomic E-state index is 11.8. The van der Waals surface area contributed by atoms with Gasteiger partial charge in [-0.15, -0.1) is 0 Å². The number of nitrogens with zero attached hydrogens (tertiary/aromatic N) is 4. The lowest BCUT2D eigenvalue weighted by Gasteiger charge is -2.21. The predicted molar refractivity (Wildman–Crippen MR) is 149 cm³/mol. The maximum Gasteiger partial charge on any atom is 0.356 e. The van der Waals surface area contributed by atoms with Gasteiger partial charge in [0.1, 0.15) is 10.9 Å². The summed E-state index contributed by atoms with van der Waals surface area (Å²) < 4.78 is 10.7. The van der Waals surface area contributed by atoms with Crippen molar-refractivity contribution in [1.82, 2.24) is 20.1 Å². The van der Waals surface area contributed by atoms with E-state index >= 15 is 0 Å². The number of aryl methyl sites for hydroxylation is 3. The highest BCUT2D eigenvalue weighted by atomic mass is 35.5. The van der Waals surface area contributed by atoms with Gasteiger partial charge in [-0.3, -0.25) is 0 Å². The number of carboxylic acids is 1. The second-order valence-corrected chi connectivity index (χ2v) is 9.68. The van der Waals surface area contributed by atoms with E-state index in [-0.39, 0.29) is 16.9 Å². The predicted octanol–water partition coefficient (Wildman–Crippen LogP) is 6.81. The quantitative estimate of drug-likeness (QED) is 0.213. The van der Waals surface area contributed by atoms with Crippen molar-refractivity contribution < 1.29 is 19.2 Å². The first-order chi connectivity index (χ1) is 18.7. The normalized spacial score (nSPS) is 11.9. The number of nitrogens with one attached hydrogen (secondary N) is 1. The first-order valence-electron chi connectivity index (χ1n) is 12.2. The number of carbonyl (C=O) groups is 1. The number of anilines is 1. The fourth-order valence-corrected chi connectivity index (χ4v) is 4.87. The topological polar surface area (TPSA) is 123 Å². The lowest BCUT2D eigenvalue weighted by molar-refractivity contribution is 0.0691. The molecule has 1 atom stereocenters. The minimum Gasteiger partial charge on any atom is -0.481 e. The van der Waals surface area contributed by atoms with E-state index in [1.54, 1.807) is 31.5 Å². The first-order valence-corrected chi connectivity index (χ1v) is 12.6.